The number of Topliss-reactive ketones (excluding diaryl/α,β-unsaturated/α-hetero) is 1. The Kier molecular flexibility index (Phi) is 6.53. The topological polar surface area (TPSA) is 26.3 Å². The molecular weight excluding hydrogens is 214 g/mol. The van der Waals surface area contributed by atoms with E-state index in [1.807, 2.05) is 0 Å². The zero-order valence-electron chi connectivity index (χ0n) is 9.59. The van der Waals surface area contributed by atoms with Crippen LogP contribution in [0.15, 0.2) is 0 Å². The van der Waals surface area contributed by atoms with Gasteiger partial charge in [-0.3, -0.25) is 4.79 Å². The van der Waals surface area contributed by atoms with Gasteiger partial charge in [0, 0.05) is 12.8 Å². The Bertz CT molecular complexity index is 201. The van der Waals surface area contributed by atoms with Gasteiger partial charge >= 0.3 is 0 Å². The lowest BCUT2D eigenvalue weighted by atomic mass is 9.85. The number of rotatable bonds is 7. The number of carbonyl (C=O) groups excluding carboxylic acids is 1. The number of alkyl halides is 2. The molecule has 1 saturated carbocycles. The van der Waals surface area contributed by atoms with Crippen molar-refractivity contribution in [3.8, 4) is 0 Å². The van der Waals surface area contributed by atoms with Crippen LogP contribution in [0.25, 0.3) is 0 Å². The molecule has 0 aromatic carbocycles. The smallest absolute Gasteiger partial charge is 0.261 e. The van der Waals surface area contributed by atoms with Crippen molar-refractivity contribution in [2.45, 2.75) is 51.4 Å². The molecule has 0 aromatic heterocycles. The van der Waals surface area contributed by atoms with Crippen molar-refractivity contribution in [1.82, 2.24) is 0 Å². The van der Waals surface area contributed by atoms with Crippen molar-refractivity contribution in [2.75, 3.05) is 13.2 Å². The standard InChI is InChI=1S/C12H20F2O2/c13-12(14)9-16-7-6-11(15)8-10-4-2-1-3-5-10/h10,12H,1-9H2. The van der Waals surface area contributed by atoms with Crippen LogP contribution in [0.3, 0.4) is 0 Å². The average molecular weight is 234 g/mol. The first-order valence-electron chi connectivity index (χ1n) is 6.06. The summed E-state index contributed by atoms with van der Waals surface area (Å²) in [6.45, 7) is -0.424. The Morgan fingerprint density at radius 3 is 2.56 bits per heavy atom. The molecule has 0 heterocycles. The summed E-state index contributed by atoms with van der Waals surface area (Å²) in [7, 11) is 0. The molecule has 2 nitrogen and oxygen atoms in total. The molecule has 1 aliphatic carbocycles. The van der Waals surface area contributed by atoms with Crippen LogP contribution in [0.1, 0.15) is 44.9 Å². The van der Waals surface area contributed by atoms with Gasteiger partial charge in [-0.05, 0) is 5.92 Å². The molecule has 0 radical (unpaired) electrons. The quantitative estimate of drug-likeness (QED) is 0.632. The lowest BCUT2D eigenvalue weighted by Gasteiger charge is -2.20. The fourth-order valence-corrected chi connectivity index (χ4v) is 2.17. The molecular formula is C12H20F2O2. The maximum atomic E-state index is 11.7. The largest absolute Gasteiger partial charge is 0.375 e. The normalized spacial score (nSPS) is 17.9. The monoisotopic (exact) mass is 234 g/mol. The molecule has 0 unspecified atom stereocenters. The van der Waals surface area contributed by atoms with Crippen LogP contribution >= 0.6 is 0 Å². The summed E-state index contributed by atoms with van der Waals surface area (Å²) in [6, 6.07) is 0. The highest BCUT2D eigenvalue weighted by Gasteiger charge is 2.16. The van der Waals surface area contributed by atoms with E-state index in [9.17, 15) is 13.6 Å². The molecule has 0 bridgehead atoms. The van der Waals surface area contributed by atoms with E-state index in [-0.39, 0.29) is 18.8 Å². The summed E-state index contributed by atoms with van der Waals surface area (Å²) in [4.78, 5) is 11.5. The number of ketones is 1. The first-order valence-corrected chi connectivity index (χ1v) is 6.06. The minimum absolute atomic E-state index is 0.135. The van der Waals surface area contributed by atoms with Crippen molar-refractivity contribution in [2.24, 2.45) is 5.92 Å². The van der Waals surface area contributed by atoms with Gasteiger partial charge in [-0.15, -0.1) is 0 Å². The molecule has 94 valence electrons. The van der Waals surface area contributed by atoms with Crippen LogP contribution in [-0.4, -0.2) is 25.4 Å². The summed E-state index contributed by atoms with van der Waals surface area (Å²) >= 11 is 0. The van der Waals surface area contributed by atoms with Crippen molar-refractivity contribution in [1.29, 1.82) is 0 Å². The van der Waals surface area contributed by atoms with E-state index in [1.54, 1.807) is 0 Å². The zero-order valence-corrected chi connectivity index (χ0v) is 9.59. The van der Waals surface area contributed by atoms with Crippen molar-refractivity contribution < 1.29 is 18.3 Å². The molecule has 0 saturated heterocycles. The number of hydrogen-bond acceptors (Lipinski definition) is 2. The van der Waals surface area contributed by atoms with Gasteiger partial charge in [0.25, 0.3) is 6.43 Å². The highest BCUT2D eigenvalue weighted by molar-refractivity contribution is 5.78. The van der Waals surface area contributed by atoms with Gasteiger partial charge in [0.15, 0.2) is 0 Å². The lowest BCUT2D eigenvalue weighted by Crippen LogP contribution is -2.14. The first-order chi connectivity index (χ1) is 7.68. The maximum Gasteiger partial charge on any atom is 0.261 e. The van der Waals surface area contributed by atoms with Gasteiger partial charge in [-0.25, -0.2) is 8.78 Å². The molecule has 1 aliphatic rings. The van der Waals surface area contributed by atoms with Gasteiger partial charge in [0.2, 0.25) is 0 Å². The third-order valence-corrected chi connectivity index (χ3v) is 3.01. The summed E-state index contributed by atoms with van der Waals surface area (Å²) in [5.41, 5.74) is 0. The molecule has 0 atom stereocenters. The molecule has 1 rings (SSSR count). The highest BCUT2D eigenvalue weighted by atomic mass is 19.3. The van der Waals surface area contributed by atoms with Crippen molar-refractivity contribution in [3.05, 3.63) is 0 Å². The van der Waals surface area contributed by atoms with E-state index in [2.05, 4.69) is 4.74 Å². The molecule has 4 heteroatoms. The maximum absolute atomic E-state index is 11.7. The highest BCUT2D eigenvalue weighted by Crippen LogP contribution is 2.26. The third-order valence-electron chi connectivity index (χ3n) is 3.01. The van der Waals surface area contributed by atoms with Crippen LogP contribution in [0.4, 0.5) is 8.78 Å². The van der Waals surface area contributed by atoms with Crippen LogP contribution < -0.4 is 0 Å². The van der Waals surface area contributed by atoms with Gasteiger partial charge in [0.05, 0.1) is 6.61 Å². The SMILES string of the molecule is O=C(CCOCC(F)F)CC1CCCCC1. The summed E-state index contributed by atoms with van der Waals surface area (Å²) in [5.74, 6) is 0.678. The van der Waals surface area contributed by atoms with Crippen molar-refractivity contribution >= 4 is 5.78 Å². The predicted molar refractivity (Wildman–Crippen MR) is 57.6 cm³/mol. The van der Waals surface area contributed by atoms with Gasteiger partial charge in [-0.1, -0.05) is 32.1 Å². The van der Waals surface area contributed by atoms with Crippen molar-refractivity contribution in [3.63, 3.8) is 0 Å². The molecule has 16 heavy (non-hydrogen) atoms. The second-order valence-electron chi connectivity index (χ2n) is 4.46. The molecule has 1 fully saturated rings. The van der Waals surface area contributed by atoms with Crippen LogP contribution in [0, 0.1) is 5.92 Å². The van der Waals surface area contributed by atoms with E-state index >= 15 is 0 Å². The first kappa shape index (κ1) is 13.6. The summed E-state index contributed by atoms with van der Waals surface area (Å²) in [6.07, 6.45) is 4.46. The number of hydrogen-bond donors (Lipinski definition) is 0. The van der Waals surface area contributed by atoms with E-state index in [1.165, 1.54) is 19.3 Å². The van der Waals surface area contributed by atoms with Crippen LogP contribution in [0.2, 0.25) is 0 Å². The Hall–Kier alpha value is -0.510. The number of carbonyl (C=O) groups is 1. The molecule has 0 N–H and O–H groups in total. The van der Waals surface area contributed by atoms with E-state index in [0.717, 1.165) is 12.8 Å². The Morgan fingerprint density at radius 1 is 1.25 bits per heavy atom. The lowest BCUT2D eigenvalue weighted by molar-refractivity contribution is -0.121. The molecule has 0 aromatic rings. The Labute approximate surface area is 95.4 Å². The second-order valence-corrected chi connectivity index (χ2v) is 4.46. The Morgan fingerprint density at radius 2 is 1.94 bits per heavy atom. The third kappa shape index (κ3) is 6.16. The number of halogens is 2. The zero-order chi connectivity index (χ0) is 11.8. The van der Waals surface area contributed by atoms with Crippen LogP contribution in [0.5, 0.6) is 0 Å². The predicted octanol–water partition coefficient (Wildman–Crippen LogP) is 3.20. The molecule has 0 aliphatic heterocycles. The van der Waals surface area contributed by atoms with E-state index < -0.39 is 13.0 Å². The van der Waals surface area contributed by atoms with Gasteiger partial charge in [0.1, 0.15) is 12.4 Å². The summed E-state index contributed by atoms with van der Waals surface area (Å²) in [5, 5.41) is 0. The average Bonchev–Trinajstić information content (AvgIpc) is 2.25. The molecule has 0 amide bonds. The van der Waals surface area contributed by atoms with E-state index in [0.29, 0.717) is 12.3 Å². The second kappa shape index (κ2) is 7.71. The van der Waals surface area contributed by atoms with Gasteiger partial charge < -0.3 is 4.74 Å². The number of ether oxygens (including phenoxy) is 1. The minimum Gasteiger partial charge on any atom is -0.375 e. The van der Waals surface area contributed by atoms with E-state index in [4.69, 9.17) is 0 Å². The Balaban J connectivity index is 2.01. The minimum atomic E-state index is -2.44. The molecule has 0 spiro atoms. The fraction of sp³-hybridized carbons (Fsp3) is 0.917. The van der Waals surface area contributed by atoms with Crippen LogP contribution in [-0.2, 0) is 9.53 Å². The van der Waals surface area contributed by atoms with Gasteiger partial charge in [-0.2, -0.15) is 0 Å². The summed E-state index contributed by atoms with van der Waals surface area (Å²) < 4.78 is 28.1. The fourth-order valence-electron chi connectivity index (χ4n) is 2.17.